The van der Waals surface area contributed by atoms with Crippen LogP contribution in [0, 0.1) is 6.92 Å². The van der Waals surface area contributed by atoms with Crippen LogP contribution in [0.15, 0.2) is 46.9 Å². The van der Waals surface area contributed by atoms with Crippen molar-refractivity contribution in [3.63, 3.8) is 0 Å². The number of aromatic nitrogens is 1. The lowest BCUT2D eigenvalue weighted by atomic mass is 10.1. The van der Waals surface area contributed by atoms with Crippen LogP contribution in [0.2, 0.25) is 0 Å². The average Bonchev–Trinajstić information content (AvgIpc) is 2.84. The van der Waals surface area contributed by atoms with Gasteiger partial charge in [-0.2, -0.15) is 0 Å². The molecule has 122 valence electrons. The van der Waals surface area contributed by atoms with E-state index in [2.05, 4.69) is 15.9 Å². The maximum Gasteiger partial charge on any atom is 0.289 e. The van der Waals surface area contributed by atoms with Gasteiger partial charge in [0.2, 0.25) is 0 Å². The van der Waals surface area contributed by atoms with Gasteiger partial charge in [0.25, 0.3) is 11.7 Å². The van der Waals surface area contributed by atoms with Crippen LogP contribution in [0.4, 0.5) is 0 Å². The molecule has 1 amide bonds. The van der Waals surface area contributed by atoms with Crippen LogP contribution in [0.3, 0.4) is 0 Å². The van der Waals surface area contributed by atoms with Crippen molar-refractivity contribution >= 4 is 38.5 Å². The fourth-order valence-corrected chi connectivity index (χ4v) is 3.22. The number of ketones is 1. The maximum absolute atomic E-state index is 12.3. The van der Waals surface area contributed by atoms with Gasteiger partial charge in [0, 0.05) is 12.2 Å². The zero-order chi connectivity index (χ0) is 17.4. The Hall–Kier alpha value is -2.60. The third kappa shape index (κ3) is 2.59. The van der Waals surface area contributed by atoms with E-state index in [0.717, 1.165) is 5.56 Å². The smallest absolute Gasteiger partial charge is 0.289 e. The largest absolute Gasteiger partial charge is 0.506 e. The van der Waals surface area contributed by atoms with Gasteiger partial charge in [-0.3, -0.25) is 9.59 Å². The number of benzene rings is 2. The molecular weight excluding hydrogens is 372 g/mol. The summed E-state index contributed by atoms with van der Waals surface area (Å²) in [5.74, 6) is -1.93. The topological polar surface area (TPSA) is 85.3 Å². The molecule has 0 fully saturated rings. The zero-order valence-electron chi connectivity index (χ0n) is 12.9. The van der Waals surface area contributed by atoms with Crippen molar-refractivity contribution in [2.75, 3.05) is 0 Å². The number of amides is 1. The van der Waals surface area contributed by atoms with Gasteiger partial charge in [-0.05, 0) is 40.5 Å². The molecule has 0 atom stereocenters. The molecule has 6 heteroatoms. The molecule has 1 heterocycles. The first kappa shape index (κ1) is 16.3. The second kappa shape index (κ2) is 6.13. The van der Waals surface area contributed by atoms with Crippen LogP contribution in [-0.2, 0) is 11.3 Å². The summed E-state index contributed by atoms with van der Waals surface area (Å²) in [7, 11) is 0. The molecule has 0 radical (unpaired) electrons. The minimum atomic E-state index is -1.05. The molecule has 3 aromatic rings. The predicted molar refractivity (Wildman–Crippen MR) is 95.1 cm³/mol. The lowest BCUT2D eigenvalue weighted by Gasteiger charge is -2.09. The van der Waals surface area contributed by atoms with Crippen molar-refractivity contribution in [3.8, 4) is 5.75 Å². The quantitative estimate of drug-likeness (QED) is 0.533. The van der Waals surface area contributed by atoms with E-state index in [-0.39, 0.29) is 11.3 Å². The van der Waals surface area contributed by atoms with Gasteiger partial charge < -0.3 is 15.4 Å². The Morgan fingerprint density at radius 3 is 2.46 bits per heavy atom. The third-order valence-corrected chi connectivity index (χ3v) is 4.69. The number of rotatable bonds is 4. The Balaban J connectivity index is 2.31. The first-order valence-corrected chi connectivity index (χ1v) is 8.09. The first-order valence-electron chi connectivity index (χ1n) is 7.30. The number of carbonyl (C=O) groups is 2. The number of halogens is 1. The molecule has 0 saturated carbocycles. The van der Waals surface area contributed by atoms with Crippen LogP contribution >= 0.6 is 15.9 Å². The Morgan fingerprint density at radius 1 is 1.17 bits per heavy atom. The highest BCUT2D eigenvalue weighted by molar-refractivity contribution is 9.10. The molecule has 0 aliphatic carbocycles. The summed E-state index contributed by atoms with van der Waals surface area (Å²) in [4.78, 5) is 23.7. The Morgan fingerprint density at radius 2 is 1.83 bits per heavy atom. The SMILES string of the molecule is Cc1c(C(=O)C(N)=O)c2c(O)c(Br)ccc2n1Cc1ccccc1. The molecule has 0 bridgehead atoms. The average molecular weight is 387 g/mol. The van der Waals surface area contributed by atoms with Crippen molar-refractivity contribution in [1.82, 2.24) is 4.57 Å². The number of aromatic hydroxyl groups is 1. The molecule has 5 nitrogen and oxygen atoms in total. The number of phenols is 1. The molecular formula is C18H15BrN2O3. The molecule has 0 unspecified atom stereocenters. The standard InChI is InChI=1S/C18H15BrN2O3/c1-10-14(17(23)18(20)24)15-13(8-7-12(19)16(15)22)21(10)9-11-5-3-2-4-6-11/h2-8,22H,9H2,1H3,(H2,20,24). The summed E-state index contributed by atoms with van der Waals surface area (Å²) >= 11 is 3.25. The first-order chi connectivity index (χ1) is 11.4. The lowest BCUT2D eigenvalue weighted by molar-refractivity contribution is -0.114. The van der Waals surface area contributed by atoms with Gasteiger partial charge in [0.05, 0.1) is 20.9 Å². The van der Waals surface area contributed by atoms with E-state index in [1.165, 1.54) is 0 Å². The molecule has 0 saturated heterocycles. The molecule has 3 rings (SSSR count). The fourth-order valence-electron chi connectivity index (χ4n) is 2.89. The monoisotopic (exact) mass is 386 g/mol. The van der Waals surface area contributed by atoms with Crippen LogP contribution < -0.4 is 5.73 Å². The number of nitrogens with two attached hydrogens (primary N) is 1. The summed E-state index contributed by atoms with van der Waals surface area (Å²) < 4.78 is 2.35. The van der Waals surface area contributed by atoms with Gasteiger partial charge >= 0.3 is 0 Å². The Kier molecular flexibility index (Phi) is 4.15. The van der Waals surface area contributed by atoms with E-state index in [1.54, 1.807) is 19.1 Å². The Labute approximate surface area is 146 Å². The molecule has 2 aromatic carbocycles. The number of hydrogen-bond acceptors (Lipinski definition) is 3. The van der Waals surface area contributed by atoms with E-state index < -0.39 is 11.7 Å². The van der Waals surface area contributed by atoms with Crippen molar-refractivity contribution in [3.05, 3.63) is 63.8 Å². The number of primary amides is 1. The number of carbonyl (C=O) groups excluding carboxylic acids is 2. The molecule has 1 aromatic heterocycles. The van der Waals surface area contributed by atoms with Crippen molar-refractivity contribution in [2.45, 2.75) is 13.5 Å². The molecule has 0 aliphatic rings. The highest BCUT2D eigenvalue weighted by atomic mass is 79.9. The lowest BCUT2D eigenvalue weighted by Crippen LogP contribution is -2.23. The van der Waals surface area contributed by atoms with Crippen LogP contribution in [0.25, 0.3) is 10.9 Å². The van der Waals surface area contributed by atoms with E-state index in [0.29, 0.717) is 27.6 Å². The van der Waals surface area contributed by atoms with Crippen molar-refractivity contribution < 1.29 is 14.7 Å². The van der Waals surface area contributed by atoms with Gasteiger partial charge in [-0.15, -0.1) is 0 Å². The summed E-state index contributed by atoms with van der Waals surface area (Å²) in [5, 5.41) is 10.7. The van der Waals surface area contributed by atoms with Gasteiger partial charge in [-0.1, -0.05) is 30.3 Å². The number of fused-ring (bicyclic) bond motifs is 1. The number of hydrogen-bond donors (Lipinski definition) is 2. The summed E-state index contributed by atoms with van der Waals surface area (Å²) in [6.45, 7) is 2.25. The molecule has 0 aliphatic heterocycles. The minimum Gasteiger partial charge on any atom is -0.506 e. The second-order valence-corrected chi connectivity index (χ2v) is 6.37. The summed E-state index contributed by atoms with van der Waals surface area (Å²) in [6.07, 6.45) is 0. The van der Waals surface area contributed by atoms with E-state index in [4.69, 9.17) is 5.73 Å². The number of Topliss-reactive ketones (excluding diaryl/α,β-unsaturated/α-hetero) is 1. The van der Waals surface area contributed by atoms with Gasteiger partial charge in [-0.25, -0.2) is 0 Å². The highest BCUT2D eigenvalue weighted by Gasteiger charge is 2.26. The van der Waals surface area contributed by atoms with Crippen molar-refractivity contribution in [2.24, 2.45) is 5.73 Å². The van der Waals surface area contributed by atoms with E-state index >= 15 is 0 Å². The summed E-state index contributed by atoms with van der Waals surface area (Å²) in [5.41, 5.74) is 7.63. The van der Waals surface area contributed by atoms with Crippen LogP contribution in [0.5, 0.6) is 5.75 Å². The van der Waals surface area contributed by atoms with Crippen LogP contribution in [-0.4, -0.2) is 21.4 Å². The number of nitrogens with zero attached hydrogens (tertiary/aromatic N) is 1. The van der Waals surface area contributed by atoms with Gasteiger partial charge in [0.1, 0.15) is 5.75 Å². The number of phenolic OH excluding ortho intramolecular Hbond substituents is 1. The summed E-state index contributed by atoms with van der Waals surface area (Å²) in [6, 6.07) is 13.2. The predicted octanol–water partition coefficient (Wildman–Crippen LogP) is 3.13. The third-order valence-electron chi connectivity index (χ3n) is 4.05. The minimum absolute atomic E-state index is 0.0768. The zero-order valence-corrected chi connectivity index (χ0v) is 14.5. The second-order valence-electron chi connectivity index (χ2n) is 5.52. The maximum atomic E-state index is 12.3. The van der Waals surface area contributed by atoms with Crippen LogP contribution in [0.1, 0.15) is 21.6 Å². The molecule has 0 spiro atoms. The Bertz CT molecular complexity index is 962. The van der Waals surface area contributed by atoms with E-state index in [1.807, 2.05) is 34.9 Å². The highest BCUT2D eigenvalue weighted by Crippen LogP contribution is 2.38. The molecule has 3 N–H and O–H groups in total. The molecule has 24 heavy (non-hydrogen) atoms. The fraction of sp³-hybridized carbons (Fsp3) is 0.111. The normalized spacial score (nSPS) is 10.9. The van der Waals surface area contributed by atoms with E-state index in [9.17, 15) is 14.7 Å². The van der Waals surface area contributed by atoms with Crippen molar-refractivity contribution in [1.29, 1.82) is 0 Å². The van der Waals surface area contributed by atoms with Gasteiger partial charge in [0.15, 0.2) is 0 Å².